The van der Waals surface area contributed by atoms with Gasteiger partial charge < -0.3 is 10.4 Å². The lowest BCUT2D eigenvalue weighted by Crippen LogP contribution is -2.14. The minimum absolute atomic E-state index is 0.104. The van der Waals surface area contributed by atoms with Gasteiger partial charge in [-0.05, 0) is 36.8 Å². The van der Waals surface area contributed by atoms with Crippen molar-refractivity contribution < 1.29 is 9.90 Å². The summed E-state index contributed by atoms with van der Waals surface area (Å²) in [6.45, 7) is 1.49. The van der Waals surface area contributed by atoms with Crippen LogP contribution in [0.1, 0.15) is 16.7 Å². The molecule has 0 saturated carbocycles. The molecule has 0 bridgehead atoms. The number of aromatic nitrogens is 1. The Labute approximate surface area is 139 Å². The van der Waals surface area contributed by atoms with Crippen LogP contribution in [0.2, 0.25) is 0 Å². The largest absolute Gasteiger partial charge is 0.494 e. The molecule has 23 heavy (non-hydrogen) atoms. The van der Waals surface area contributed by atoms with Crippen molar-refractivity contribution >= 4 is 33.9 Å². The number of pyridine rings is 1. The van der Waals surface area contributed by atoms with Gasteiger partial charge in [-0.2, -0.15) is 5.26 Å². The molecule has 0 spiro atoms. The average Bonchev–Trinajstić information content (AvgIpc) is 2.49. The Morgan fingerprint density at radius 3 is 2.70 bits per heavy atom. The molecule has 0 aliphatic heterocycles. The van der Waals surface area contributed by atoms with Crippen LogP contribution in [0.5, 0.6) is 5.88 Å². The Morgan fingerprint density at radius 1 is 1.43 bits per heavy atom. The maximum Gasteiger partial charge on any atom is 0.345 e. The molecule has 1 heterocycles. The number of carbonyl (C=O) groups excluding carboxylic acids is 1. The van der Waals surface area contributed by atoms with E-state index in [-0.39, 0.29) is 16.7 Å². The highest BCUT2D eigenvalue weighted by Gasteiger charge is 2.12. The fourth-order valence-electron chi connectivity index (χ4n) is 1.82. The number of benzene rings is 1. The van der Waals surface area contributed by atoms with Crippen LogP contribution in [0.15, 0.2) is 38.5 Å². The zero-order valence-corrected chi connectivity index (χ0v) is 13.5. The van der Waals surface area contributed by atoms with E-state index in [1.54, 1.807) is 30.3 Å². The molecular weight excluding hydrogens is 364 g/mol. The smallest absolute Gasteiger partial charge is 0.345 e. The zero-order chi connectivity index (χ0) is 17.0. The van der Waals surface area contributed by atoms with Gasteiger partial charge in [-0.15, -0.1) is 0 Å². The zero-order valence-electron chi connectivity index (χ0n) is 11.9. The normalized spacial score (nSPS) is 10.5. The predicted molar refractivity (Wildman–Crippen MR) is 88.9 cm³/mol. The molecule has 0 fully saturated rings. The minimum Gasteiger partial charge on any atom is -0.494 e. The highest BCUT2D eigenvalue weighted by Crippen LogP contribution is 2.17. The highest BCUT2D eigenvalue weighted by molar-refractivity contribution is 9.10. The first-order valence-electron chi connectivity index (χ1n) is 6.39. The lowest BCUT2D eigenvalue weighted by atomic mass is 10.1. The SMILES string of the molecule is Cc1c(C=NC(=O)Nc2ccc(Br)cc2)c(O)[nH]c(=O)c1C#N. The molecule has 8 heteroatoms. The number of urea groups is 1. The van der Waals surface area contributed by atoms with E-state index in [2.05, 4.69) is 31.2 Å². The second-order valence-electron chi connectivity index (χ2n) is 4.52. The monoisotopic (exact) mass is 374 g/mol. The van der Waals surface area contributed by atoms with Crippen molar-refractivity contribution in [2.45, 2.75) is 6.92 Å². The van der Waals surface area contributed by atoms with Gasteiger partial charge in [0.25, 0.3) is 5.56 Å². The number of nitrogens with one attached hydrogen (secondary N) is 2. The standard InChI is InChI=1S/C15H11BrN4O3/c1-8-11(6-17)13(21)20-14(22)12(8)7-18-15(23)19-10-4-2-9(16)3-5-10/h2-5,7H,1H3,(H,19,23)(H2,20,21,22). The van der Waals surface area contributed by atoms with Crippen LogP contribution in [0.3, 0.4) is 0 Å². The summed E-state index contributed by atoms with van der Waals surface area (Å²) in [7, 11) is 0. The fraction of sp³-hybridized carbons (Fsp3) is 0.0667. The van der Waals surface area contributed by atoms with Crippen molar-refractivity contribution in [2.24, 2.45) is 4.99 Å². The molecule has 2 aromatic rings. The van der Waals surface area contributed by atoms with Gasteiger partial charge in [0, 0.05) is 16.4 Å². The first-order chi connectivity index (χ1) is 10.9. The number of anilines is 1. The molecule has 2 rings (SSSR count). The van der Waals surface area contributed by atoms with Gasteiger partial charge in [-0.25, -0.2) is 9.79 Å². The van der Waals surface area contributed by atoms with E-state index < -0.39 is 17.5 Å². The van der Waals surface area contributed by atoms with Crippen LogP contribution >= 0.6 is 15.9 Å². The first-order valence-corrected chi connectivity index (χ1v) is 7.18. The number of rotatable bonds is 2. The van der Waals surface area contributed by atoms with E-state index in [9.17, 15) is 14.7 Å². The quantitative estimate of drug-likeness (QED) is 0.700. The van der Waals surface area contributed by atoms with Gasteiger partial charge >= 0.3 is 6.03 Å². The number of hydrogen-bond acceptors (Lipinski definition) is 4. The number of aliphatic imine (C=N–C) groups is 1. The Morgan fingerprint density at radius 2 is 2.09 bits per heavy atom. The van der Waals surface area contributed by atoms with Crippen LogP contribution in [-0.4, -0.2) is 22.3 Å². The molecule has 116 valence electrons. The predicted octanol–water partition coefficient (Wildman–Crippen LogP) is 2.67. The summed E-state index contributed by atoms with van der Waals surface area (Å²) in [5.41, 5.74) is 0.0630. The molecule has 1 aromatic carbocycles. The van der Waals surface area contributed by atoms with E-state index in [1.807, 2.05) is 0 Å². The second-order valence-corrected chi connectivity index (χ2v) is 5.44. The van der Waals surface area contributed by atoms with Crippen LogP contribution < -0.4 is 10.9 Å². The van der Waals surface area contributed by atoms with E-state index in [0.29, 0.717) is 5.69 Å². The topological polar surface area (TPSA) is 118 Å². The third-order valence-corrected chi connectivity index (χ3v) is 3.54. The van der Waals surface area contributed by atoms with Crippen molar-refractivity contribution in [3.8, 4) is 11.9 Å². The summed E-state index contributed by atoms with van der Waals surface area (Å²) < 4.78 is 0.872. The molecule has 0 aliphatic carbocycles. The van der Waals surface area contributed by atoms with Crippen LogP contribution in [0.4, 0.5) is 10.5 Å². The van der Waals surface area contributed by atoms with Crippen LogP contribution in [0, 0.1) is 18.3 Å². The van der Waals surface area contributed by atoms with E-state index in [4.69, 9.17) is 5.26 Å². The van der Waals surface area contributed by atoms with Crippen molar-refractivity contribution in [3.63, 3.8) is 0 Å². The third kappa shape index (κ3) is 3.84. The number of nitriles is 1. The number of nitrogens with zero attached hydrogens (tertiary/aromatic N) is 2. The van der Waals surface area contributed by atoms with Crippen molar-refractivity contribution in [3.05, 3.63) is 55.8 Å². The Bertz CT molecular complexity index is 879. The molecule has 3 N–H and O–H groups in total. The Balaban J connectivity index is 2.23. The van der Waals surface area contributed by atoms with Crippen LogP contribution in [0.25, 0.3) is 0 Å². The van der Waals surface area contributed by atoms with E-state index >= 15 is 0 Å². The van der Waals surface area contributed by atoms with Crippen molar-refractivity contribution in [1.82, 2.24) is 4.98 Å². The maximum atomic E-state index is 11.8. The summed E-state index contributed by atoms with van der Waals surface area (Å²) in [5.74, 6) is -0.452. The molecule has 7 nitrogen and oxygen atoms in total. The summed E-state index contributed by atoms with van der Waals surface area (Å²) in [6.07, 6.45) is 1.09. The van der Waals surface area contributed by atoms with Gasteiger partial charge in [-0.1, -0.05) is 15.9 Å². The Hall–Kier alpha value is -2.92. The number of aromatic amines is 1. The minimum atomic E-state index is -0.695. The number of carbonyl (C=O) groups is 1. The van der Waals surface area contributed by atoms with Crippen molar-refractivity contribution in [1.29, 1.82) is 5.26 Å². The lowest BCUT2D eigenvalue weighted by Gasteiger charge is -2.05. The average molecular weight is 375 g/mol. The lowest BCUT2D eigenvalue weighted by molar-refractivity contribution is 0.259. The summed E-state index contributed by atoms with van der Waals surface area (Å²) in [6, 6.07) is 7.98. The van der Waals surface area contributed by atoms with E-state index in [0.717, 1.165) is 10.7 Å². The molecule has 0 saturated heterocycles. The molecule has 0 aliphatic rings. The third-order valence-electron chi connectivity index (χ3n) is 3.01. The first kappa shape index (κ1) is 16.5. The van der Waals surface area contributed by atoms with Gasteiger partial charge in [0.1, 0.15) is 11.6 Å². The maximum absolute atomic E-state index is 11.8. The molecule has 1 aromatic heterocycles. The number of amides is 2. The highest BCUT2D eigenvalue weighted by atomic mass is 79.9. The fourth-order valence-corrected chi connectivity index (χ4v) is 2.09. The van der Waals surface area contributed by atoms with Gasteiger partial charge in [0.15, 0.2) is 0 Å². The summed E-state index contributed by atoms with van der Waals surface area (Å²) in [5, 5.41) is 21.2. The molecule has 0 unspecified atom stereocenters. The number of H-pyrrole nitrogens is 1. The van der Waals surface area contributed by atoms with Gasteiger partial charge in [0.2, 0.25) is 5.88 Å². The summed E-state index contributed by atoms with van der Waals surface area (Å²) >= 11 is 3.28. The summed E-state index contributed by atoms with van der Waals surface area (Å²) in [4.78, 5) is 29.0. The number of aromatic hydroxyl groups is 1. The van der Waals surface area contributed by atoms with Gasteiger partial charge in [-0.3, -0.25) is 9.78 Å². The molecule has 0 atom stereocenters. The second kappa shape index (κ2) is 6.89. The van der Waals surface area contributed by atoms with Gasteiger partial charge in [0.05, 0.1) is 5.56 Å². The number of hydrogen-bond donors (Lipinski definition) is 3. The molecular formula is C15H11BrN4O3. The van der Waals surface area contributed by atoms with Crippen molar-refractivity contribution in [2.75, 3.05) is 5.32 Å². The van der Waals surface area contributed by atoms with Crippen LogP contribution in [-0.2, 0) is 0 Å². The number of halogens is 1. The molecule has 2 amide bonds. The molecule has 0 radical (unpaired) electrons. The van der Waals surface area contributed by atoms with E-state index in [1.165, 1.54) is 6.92 Å². The Kier molecular flexibility index (Phi) is 4.93.